The van der Waals surface area contributed by atoms with E-state index in [0.29, 0.717) is 17.0 Å². The average Bonchev–Trinajstić information content (AvgIpc) is 3.34. The van der Waals surface area contributed by atoms with Crippen LogP contribution in [-0.2, 0) is 0 Å². The molecule has 3 heterocycles. The third-order valence-corrected chi connectivity index (χ3v) is 5.05. The van der Waals surface area contributed by atoms with E-state index in [4.69, 9.17) is 4.42 Å². The highest BCUT2D eigenvalue weighted by Crippen LogP contribution is 2.27. The van der Waals surface area contributed by atoms with Crippen LogP contribution in [0.25, 0.3) is 17.1 Å². The van der Waals surface area contributed by atoms with E-state index in [1.807, 2.05) is 60.5 Å². The summed E-state index contributed by atoms with van der Waals surface area (Å²) in [6.45, 7) is 8.35. The lowest BCUT2D eigenvalue weighted by atomic mass is 10.1. The maximum atomic E-state index is 13.3. The van der Waals surface area contributed by atoms with Crippen LogP contribution in [0.4, 0.5) is 0 Å². The van der Waals surface area contributed by atoms with Gasteiger partial charge >= 0.3 is 0 Å². The van der Waals surface area contributed by atoms with Crippen molar-refractivity contribution >= 4 is 5.91 Å². The first-order chi connectivity index (χ1) is 13.2. The average molecular weight is 364 g/mol. The Morgan fingerprint density at radius 3 is 2.44 bits per heavy atom. The minimum absolute atomic E-state index is 0.0111. The molecule has 1 fully saturated rings. The SMILES string of the molecule is CCN1CCN(C(=O)c2cn(-c3ccccc3)nc2-c2ccc(C)o2)CC1. The number of hydrogen-bond donors (Lipinski definition) is 0. The summed E-state index contributed by atoms with van der Waals surface area (Å²) >= 11 is 0. The van der Waals surface area contributed by atoms with Crippen LogP contribution >= 0.6 is 0 Å². The van der Waals surface area contributed by atoms with Gasteiger partial charge in [0.1, 0.15) is 11.5 Å². The summed E-state index contributed by atoms with van der Waals surface area (Å²) in [5.41, 5.74) is 2.09. The van der Waals surface area contributed by atoms with Gasteiger partial charge in [-0.25, -0.2) is 4.68 Å². The Balaban J connectivity index is 1.70. The van der Waals surface area contributed by atoms with Crippen LogP contribution in [0.15, 0.2) is 53.1 Å². The van der Waals surface area contributed by atoms with Crippen molar-refractivity contribution in [3.8, 4) is 17.1 Å². The molecule has 2 aromatic heterocycles. The summed E-state index contributed by atoms with van der Waals surface area (Å²) in [5.74, 6) is 1.43. The van der Waals surface area contributed by atoms with E-state index in [1.165, 1.54) is 0 Å². The Morgan fingerprint density at radius 1 is 1.07 bits per heavy atom. The fourth-order valence-electron chi connectivity index (χ4n) is 3.42. The van der Waals surface area contributed by atoms with Gasteiger partial charge in [-0.2, -0.15) is 5.10 Å². The highest BCUT2D eigenvalue weighted by atomic mass is 16.3. The quantitative estimate of drug-likeness (QED) is 0.713. The molecule has 0 radical (unpaired) electrons. The number of hydrogen-bond acceptors (Lipinski definition) is 4. The van der Waals surface area contributed by atoms with Crippen LogP contribution in [0.1, 0.15) is 23.0 Å². The Labute approximate surface area is 159 Å². The molecule has 140 valence electrons. The topological polar surface area (TPSA) is 54.5 Å². The number of aryl methyl sites for hydroxylation is 1. The van der Waals surface area contributed by atoms with E-state index in [2.05, 4.69) is 16.9 Å². The lowest BCUT2D eigenvalue weighted by molar-refractivity contribution is 0.0644. The van der Waals surface area contributed by atoms with E-state index in [9.17, 15) is 4.79 Å². The Morgan fingerprint density at radius 2 is 1.81 bits per heavy atom. The molecule has 1 aliphatic heterocycles. The zero-order valence-corrected chi connectivity index (χ0v) is 15.8. The standard InChI is InChI=1S/C21H24N4O2/c1-3-23-11-13-24(14-12-23)21(26)18-15-25(17-7-5-4-6-8-17)22-20(18)19-10-9-16(2)27-19/h4-10,15H,3,11-14H2,1-2H3. The highest BCUT2D eigenvalue weighted by Gasteiger charge is 2.27. The number of likely N-dealkylation sites (N-methyl/N-ethyl adjacent to an activating group) is 1. The predicted molar refractivity (Wildman–Crippen MR) is 104 cm³/mol. The minimum atomic E-state index is 0.0111. The van der Waals surface area contributed by atoms with Gasteiger partial charge in [0.05, 0.1) is 11.3 Å². The number of piperazine rings is 1. The van der Waals surface area contributed by atoms with Crippen LogP contribution in [0.2, 0.25) is 0 Å². The summed E-state index contributed by atoms with van der Waals surface area (Å²) in [6.07, 6.45) is 1.82. The van der Waals surface area contributed by atoms with Gasteiger partial charge < -0.3 is 14.2 Å². The van der Waals surface area contributed by atoms with Crippen LogP contribution < -0.4 is 0 Å². The number of aromatic nitrogens is 2. The molecule has 1 saturated heterocycles. The second kappa shape index (κ2) is 7.40. The number of rotatable bonds is 4. The zero-order valence-electron chi connectivity index (χ0n) is 15.8. The highest BCUT2D eigenvalue weighted by molar-refractivity contribution is 5.99. The van der Waals surface area contributed by atoms with Gasteiger partial charge in [-0.1, -0.05) is 25.1 Å². The van der Waals surface area contributed by atoms with E-state index in [0.717, 1.165) is 44.2 Å². The molecule has 3 aromatic rings. The van der Waals surface area contributed by atoms with Gasteiger partial charge in [-0.15, -0.1) is 0 Å². The van der Waals surface area contributed by atoms with E-state index < -0.39 is 0 Å². The van der Waals surface area contributed by atoms with E-state index in [-0.39, 0.29) is 5.91 Å². The van der Waals surface area contributed by atoms with Crippen LogP contribution in [0.3, 0.4) is 0 Å². The molecule has 6 heteroatoms. The minimum Gasteiger partial charge on any atom is -0.460 e. The third-order valence-electron chi connectivity index (χ3n) is 5.05. The third kappa shape index (κ3) is 3.53. The Bertz CT molecular complexity index is 921. The first kappa shape index (κ1) is 17.5. The molecule has 1 aromatic carbocycles. The molecule has 1 aliphatic rings. The van der Waals surface area contributed by atoms with Crippen molar-refractivity contribution in [2.75, 3.05) is 32.7 Å². The molecule has 0 saturated carbocycles. The maximum absolute atomic E-state index is 13.3. The molecule has 1 amide bonds. The van der Waals surface area contributed by atoms with Gasteiger partial charge in [-0.3, -0.25) is 4.79 Å². The van der Waals surface area contributed by atoms with Crippen LogP contribution in [-0.4, -0.2) is 58.2 Å². The van der Waals surface area contributed by atoms with Crippen molar-refractivity contribution in [3.05, 3.63) is 60.0 Å². The van der Waals surface area contributed by atoms with Crippen LogP contribution in [0.5, 0.6) is 0 Å². The van der Waals surface area contributed by atoms with Gasteiger partial charge in [-0.05, 0) is 37.7 Å². The number of amides is 1. The monoisotopic (exact) mass is 364 g/mol. The molecular weight excluding hydrogens is 340 g/mol. The van der Waals surface area contributed by atoms with Crippen molar-refractivity contribution in [1.82, 2.24) is 19.6 Å². The molecule has 27 heavy (non-hydrogen) atoms. The van der Waals surface area contributed by atoms with Crippen molar-refractivity contribution in [3.63, 3.8) is 0 Å². The van der Waals surface area contributed by atoms with Gasteiger partial charge in [0.15, 0.2) is 5.76 Å². The fourth-order valence-corrected chi connectivity index (χ4v) is 3.42. The predicted octanol–water partition coefficient (Wildman–Crippen LogP) is 3.22. The van der Waals surface area contributed by atoms with Crippen molar-refractivity contribution in [2.45, 2.75) is 13.8 Å². The smallest absolute Gasteiger partial charge is 0.257 e. The van der Waals surface area contributed by atoms with Gasteiger partial charge in [0.25, 0.3) is 5.91 Å². The number of nitrogens with zero attached hydrogens (tertiary/aromatic N) is 4. The molecule has 0 unspecified atom stereocenters. The number of para-hydroxylation sites is 1. The largest absolute Gasteiger partial charge is 0.460 e. The zero-order chi connectivity index (χ0) is 18.8. The second-order valence-electron chi connectivity index (χ2n) is 6.81. The summed E-state index contributed by atoms with van der Waals surface area (Å²) in [6, 6.07) is 13.6. The number of carbonyl (C=O) groups excluding carboxylic acids is 1. The summed E-state index contributed by atoms with van der Waals surface area (Å²) in [4.78, 5) is 17.5. The number of furan rings is 1. The first-order valence-electron chi connectivity index (χ1n) is 9.39. The van der Waals surface area contributed by atoms with Crippen molar-refractivity contribution in [1.29, 1.82) is 0 Å². The lowest BCUT2D eigenvalue weighted by Gasteiger charge is -2.33. The van der Waals surface area contributed by atoms with Crippen molar-refractivity contribution in [2.24, 2.45) is 0 Å². The van der Waals surface area contributed by atoms with Gasteiger partial charge in [0, 0.05) is 32.4 Å². The Kier molecular flexibility index (Phi) is 4.81. The summed E-state index contributed by atoms with van der Waals surface area (Å²) in [7, 11) is 0. The van der Waals surface area contributed by atoms with Crippen molar-refractivity contribution < 1.29 is 9.21 Å². The fraction of sp³-hybridized carbons (Fsp3) is 0.333. The Hall–Kier alpha value is -2.86. The van der Waals surface area contributed by atoms with Crippen LogP contribution in [0, 0.1) is 6.92 Å². The molecule has 4 rings (SSSR count). The molecule has 0 aliphatic carbocycles. The second-order valence-corrected chi connectivity index (χ2v) is 6.81. The molecular formula is C21H24N4O2. The molecule has 0 spiro atoms. The maximum Gasteiger partial charge on any atom is 0.257 e. The summed E-state index contributed by atoms with van der Waals surface area (Å²) in [5, 5.41) is 4.68. The van der Waals surface area contributed by atoms with E-state index in [1.54, 1.807) is 4.68 Å². The summed E-state index contributed by atoms with van der Waals surface area (Å²) < 4.78 is 7.53. The lowest BCUT2D eigenvalue weighted by Crippen LogP contribution is -2.48. The normalized spacial score (nSPS) is 15.3. The van der Waals surface area contributed by atoms with E-state index >= 15 is 0 Å². The molecule has 0 bridgehead atoms. The number of benzene rings is 1. The molecule has 0 N–H and O–H groups in total. The van der Waals surface area contributed by atoms with Gasteiger partial charge in [0.2, 0.25) is 0 Å². The number of carbonyl (C=O) groups is 1. The molecule has 6 nitrogen and oxygen atoms in total. The first-order valence-corrected chi connectivity index (χ1v) is 9.39. The molecule has 0 atom stereocenters.